The highest BCUT2D eigenvalue weighted by Gasteiger charge is 2.42. The van der Waals surface area contributed by atoms with Crippen LogP contribution < -0.4 is 10.6 Å². The van der Waals surface area contributed by atoms with E-state index in [0.717, 1.165) is 42.9 Å². The molecule has 4 rings (SSSR count). The number of hydrogen-bond acceptors (Lipinski definition) is 5. The number of piperidine rings is 1. The van der Waals surface area contributed by atoms with Crippen molar-refractivity contribution >= 4 is 11.6 Å². The summed E-state index contributed by atoms with van der Waals surface area (Å²) in [6.07, 6.45) is 6.26. The van der Waals surface area contributed by atoms with Crippen molar-refractivity contribution in [1.29, 1.82) is 0 Å². The monoisotopic (exact) mass is 274 g/mol. The Bertz CT molecular complexity index is 529. The van der Waals surface area contributed by atoms with Gasteiger partial charge in [0.1, 0.15) is 17.5 Å². The van der Waals surface area contributed by atoms with Gasteiger partial charge in [-0.1, -0.05) is 0 Å². The normalized spacial score (nSPS) is 32.7. The molecule has 2 bridgehead atoms. The molecule has 0 radical (unpaired) electrons. The quantitative estimate of drug-likeness (QED) is 0.859. The van der Waals surface area contributed by atoms with Crippen LogP contribution >= 0.6 is 0 Å². The lowest BCUT2D eigenvalue weighted by molar-refractivity contribution is 0.126. The lowest BCUT2D eigenvalue weighted by Gasteiger charge is -2.39. The number of aliphatic hydroxyl groups excluding tert-OH is 1. The molecule has 2 saturated heterocycles. The molecule has 0 amide bonds. The lowest BCUT2D eigenvalue weighted by atomic mass is 9.99. The van der Waals surface area contributed by atoms with Crippen LogP contribution in [0, 0.1) is 6.92 Å². The molecular weight excluding hydrogens is 252 g/mol. The van der Waals surface area contributed by atoms with Crippen LogP contribution in [-0.4, -0.2) is 33.3 Å². The molecule has 2 atom stereocenters. The molecule has 0 aromatic carbocycles. The highest BCUT2D eigenvalue weighted by molar-refractivity contribution is 5.59. The van der Waals surface area contributed by atoms with E-state index in [0.29, 0.717) is 23.8 Å². The molecule has 3 aliphatic rings. The van der Waals surface area contributed by atoms with E-state index in [2.05, 4.69) is 9.88 Å². The van der Waals surface area contributed by atoms with Gasteiger partial charge in [-0.2, -0.15) is 0 Å². The largest absolute Gasteiger partial charge is 0.393 e. The average molecular weight is 274 g/mol. The summed E-state index contributed by atoms with van der Waals surface area (Å²) in [5, 5.41) is 9.95. The molecule has 2 unspecified atom stereocenters. The van der Waals surface area contributed by atoms with Gasteiger partial charge in [0.15, 0.2) is 0 Å². The Morgan fingerprint density at radius 2 is 1.75 bits per heavy atom. The molecule has 0 spiro atoms. The Morgan fingerprint density at radius 3 is 2.35 bits per heavy atom. The standard InChI is InChI=1S/C15H22N4O/c1-8-13(16)17-14(9-2-3-9)18-15(8)19-10-4-5-11(19)7-12(20)6-10/h9-12,20H,2-7H2,1H3,(H2,16,17,18). The zero-order chi connectivity index (χ0) is 13.9. The molecular formula is C15H22N4O. The third-order valence-corrected chi connectivity index (χ3v) is 5.07. The van der Waals surface area contributed by atoms with E-state index in [9.17, 15) is 5.11 Å². The van der Waals surface area contributed by atoms with Crippen molar-refractivity contribution in [2.45, 2.75) is 69.6 Å². The van der Waals surface area contributed by atoms with Gasteiger partial charge >= 0.3 is 0 Å². The van der Waals surface area contributed by atoms with E-state index in [1.165, 1.54) is 12.8 Å². The number of nitrogens with zero attached hydrogens (tertiary/aromatic N) is 3. The number of aromatic nitrogens is 2. The Kier molecular flexibility index (Phi) is 2.67. The molecule has 1 aromatic rings. The van der Waals surface area contributed by atoms with Gasteiger partial charge in [0.25, 0.3) is 0 Å². The molecule has 20 heavy (non-hydrogen) atoms. The Morgan fingerprint density at radius 1 is 1.10 bits per heavy atom. The zero-order valence-electron chi connectivity index (χ0n) is 11.9. The summed E-state index contributed by atoms with van der Waals surface area (Å²) in [6.45, 7) is 2.02. The van der Waals surface area contributed by atoms with Crippen LogP contribution in [0.5, 0.6) is 0 Å². The van der Waals surface area contributed by atoms with E-state index in [1.54, 1.807) is 0 Å². The summed E-state index contributed by atoms with van der Waals surface area (Å²) in [4.78, 5) is 11.7. The van der Waals surface area contributed by atoms with Crippen LogP contribution in [0.4, 0.5) is 11.6 Å². The molecule has 3 fully saturated rings. The zero-order valence-corrected chi connectivity index (χ0v) is 11.9. The summed E-state index contributed by atoms with van der Waals surface area (Å²) < 4.78 is 0. The highest BCUT2D eigenvalue weighted by atomic mass is 16.3. The summed E-state index contributed by atoms with van der Waals surface area (Å²) in [6, 6.07) is 0.840. The fourth-order valence-electron chi connectivity index (χ4n) is 3.81. The summed E-state index contributed by atoms with van der Waals surface area (Å²) in [5.74, 6) is 3.10. The van der Waals surface area contributed by atoms with Crippen molar-refractivity contribution in [2.75, 3.05) is 10.6 Å². The SMILES string of the molecule is Cc1c(N)nc(C2CC2)nc1N1C2CCC1CC(O)C2. The maximum Gasteiger partial charge on any atom is 0.137 e. The molecule has 5 heteroatoms. The predicted octanol–water partition coefficient (Wildman–Crippen LogP) is 1.74. The van der Waals surface area contributed by atoms with Gasteiger partial charge in [-0.3, -0.25) is 0 Å². The second-order valence-corrected chi connectivity index (χ2v) is 6.61. The predicted molar refractivity (Wildman–Crippen MR) is 77.7 cm³/mol. The second-order valence-electron chi connectivity index (χ2n) is 6.61. The first-order valence-corrected chi connectivity index (χ1v) is 7.74. The van der Waals surface area contributed by atoms with E-state index >= 15 is 0 Å². The third kappa shape index (κ3) is 1.87. The van der Waals surface area contributed by atoms with E-state index in [-0.39, 0.29) is 6.10 Å². The van der Waals surface area contributed by atoms with Crippen molar-refractivity contribution in [2.24, 2.45) is 0 Å². The number of aliphatic hydroxyl groups is 1. The summed E-state index contributed by atoms with van der Waals surface area (Å²) in [7, 11) is 0. The first kappa shape index (κ1) is 12.4. The van der Waals surface area contributed by atoms with Gasteiger partial charge in [-0.05, 0) is 45.4 Å². The number of nitrogen functional groups attached to an aromatic ring is 1. The van der Waals surface area contributed by atoms with Crippen LogP contribution in [-0.2, 0) is 0 Å². The van der Waals surface area contributed by atoms with Crippen molar-refractivity contribution < 1.29 is 5.11 Å². The fraction of sp³-hybridized carbons (Fsp3) is 0.733. The maximum atomic E-state index is 9.95. The first-order valence-electron chi connectivity index (χ1n) is 7.74. The van der Waals surface area contributed by atoms with Crippen LogP contribution in [0.2, 0.25) is 0 Å². The van der Waals surface area contributed by atoms with Gasteiger partial charge in [-0.25, -0.2) is 9.97 Å². The second kappa shape index (κ2) is 4.32. The minimum absolute atomic E-state index is 0.147. The van der Waals surface area contributed by atoms with Crippen molar-refractivity contribution in [1.82, 2.24) is 9.97 Å². The van der Waals surface area contributed by atoms with Crippen LogP contribution in [0.25, 0.3) is 0 Å². The molecule has 108 valence electrons. The Labute approximate surface area is 119 Å². The van der Waals surface area contributed by atoms with E-state index < -0.39 is 0 Å². The van der Waals surface area contributed by atoms with Crippen molar-refractivity contribution in [3.63, 3.8) is 0 Å². The Hall–Kier alpha value is -1.36. The molecule has 1 aliphatic carbocycles. The third-order valence-electron chi connectivity index (χ3n) is 5.07. The van der Waals surface area contributed by atoms with Gasteiger partial charge < -0.3 is 15.7 Å². The molecule has 1 saturated carbocycles. The average Bonchev–Trinajstić information content (AvgIpc) is 3.20. The van der Waals surface area contributed by atoms with Crippen LogP contribution in [0.15, 0.2) is 0 Å². The maximum absolute atomic E-state index is 9.95. The summed E-state index contributed by atoms with van der Waals surface area (Å²) >= 11 is 0. The minimum Gasteiger partial charge on any atom is -0.393 e. The highest BCUT2D eigenvalue weighted by Crippen LogP contribution is 2.43. The van der Waals surface area contributed by atoms with Gasteiger partial charge in [-0.15, -0.1) is 0 Å². The number of fused-ring (bicyclic) bond motifs is 2. The molecule has 2 aliphatic heterocycles. The minimum atomic E-state index is -0.147. The topological polar surface area (TPSA) is 75.3 Å². The number of hydrogen-bond donors (Lipinski definition) is 2. The number of rotatable bonds is 2. The molecule has 3 N–H and O–H groups in total. The molecule has 3 heterocycles. The van der Waals surface area contributed by atoms with Crippen molar-refractivity contribution in [3.05, 3.63) is 11.4 Å². The summed E-state index contributed by atoms with van der Waals surface area (Å²) in [5.41, 5.74) is 7.11. The van der Waals surface area contributed by atoms with E-state index in [1.807, 2.05) is 6.92 Å². The van der Waals surface area contributed by atoms with Crippen LogP contribution in [0.1, 0.15) is 55.8 Å². The Balaban J connectivity index is 1.74. The van der Waals surface area contributed by atoms with Crippen molar-refractivity contribution in [3.8, 4) is 0 Å². The fourth-order valence-corrected chi connectivity index (χ4v) is 3.81. The van der Waals surface area contributed by atoms with Gasteiger partial charge in [0, 0.05) is 23.6 Å². The molecule has 1 aromatic heterocycles. The lowest BCUT2D eigenvalue weighted by Crippen LogP contribution is -2.45. The number of anilines is 2. The van der Waals surface area contributed by atoms with E-state index in [4.69, 9.17) is 10.7 Å². The number of nitrogens with two attached hydrogens (primary N) is 1. The smallest absolute Gasteiger partial charge is 0.137 e. The van der Waals surface area contributed by atoms with Gasteiger partial charge in [0.05, 0.1) is 6.10 Å². The van der Waals surface area contributed by atoms with Gasteiger partial charge in [0.2, 0.25) is 0 Å². The molecule has 5 nitrogen and oxygen atoms in total. The van der Waals surface area contributed by atoms with Crippen LogP contribution in [0.3, 0.4) is 0 Å². The first-order chi connectivity index (χ1) is 9.63.